The Morgan fingerprint density at radius 2 is 1.60 bits per heavy atom. The maximum absolute atomic E-state index is 3.68. The van der Waals surface area contributed by atoms with Gasteiger partial charge in [-0.25, -0.2) is 0 Å². The molecular formula is C8H16Br2. The molecule has 0 N–H and O–H groups in total. The summed E-state index contributed by atoms with van der Waals surface area (Å²) in [6.07, 6.45) is 2.44. The zero-order valence-electron chi connectivity index (χ0n) is 6.90. The molecule has 10 heavy (non-hydrogen) atoms. The van der Waals surface area contributed by atoms with Crippen LogP contribution < -0.4 is 0 Å². The molecule has 0 aromatic rings. The van der Waals surface area contributed by atoms with Gasteiger partial charge in [-0.2, -0.15) is 0 Å². The van der Waals surface area contributed by atoms with E-state index in [-0.39, 0.29) is 0 Å². The lowest BCUT2D eigenvalue weighted by molar-refractivity contribution is 0.525. The van der Waals surface area contributed by atoms with Crippen molar-refractivity contribution in [2.75, 3.05) is 0 Å². The van der Waals surface area contributed by atoms with E-state index in [1.807, 2.05) is 0 Å². The molecule has 0 aromatic heterocycles. The molecule has 0 saturated heterocycles. The van der Waals surface area contributed by atoms with Crippen LogP contribution in [0.25, 0.3) is 0 Å². The van der Waals surface area contributed by atoms with Crippen LogP contribution in [0.15, 0.2) is 0 Å². The number of halogens is 2. The second-order valence-electron chi connectivity index (χ2n) is 2.75. The summed E-state index contributed by atoms with van der Waals surface area (Å²) in [5, 5.41) is 0. The average molecular weight is 272 g/mol. The molecule has 0 fully saturated rings. The Hall–Kier alpha value is 0.960. The summed E-state index contributed by atoms with van der Waals surface area (Å²) in [4.78, 5) is 1.25. The summed E-state index contributed by atoms with van der Waals surface area (Å²) in [5.41, 5.74) is 0. The van der Waals surface area contributed by atoms with Crippen LogP contribution in [0, 0.1) is 5.92 Å². The molecule has 3 atom stereocenters. The molecule has 0 aliphatic heterocycles. The van der Waals surface area contributed by atoms with Crippen molar-refractivity contribution in [1.82, 2.24) is 0 Å². The Kier molecular flexibility index (Phi) is 6.13. The fourth-order valence-electron chi connectivity index (χ4n) is 0.807. The molecule has 0 saturated carbocycles. The van der Waals surface area contributed by atoms with E-state index in [1.165, 1.54) is 12.8 Å². The molecule has 0 aliphatic carbocycles. The molecule has 0 aromatic carbocycles. The molecule has 0 nitrogen and oxygen atoms in total. The first-order chi connectivity index (χ1) is 4.63. The average Bonchev–Trinajstić information content (AvgIpc) is 2.00. The Labute approximate surface area is 81.0 Å². The minimum atomic E-state index is 0.627. The largest absolute Gasteiger partial charge is 0.0879 e. The van der Waals surface area contributed by atoms with Gasteiger partial charge in [-0.1, -0.05) is 59.1 Å². The van der Waals surface area contributed by atoms with E-state index in [2.05, 4.69) is 52.6 Å². The summed E-state index contributed by atoms with van der Waals surface area (Å²) < 4.78 is 0. The fraction of sp³-hybridized carbons (Fsp3) is 1.00. The first kappa shape index (κ1) is 11.0. The van der Waals surface area contributed by atoms with Gasteiger partial charge in [-0.3, -0.25) is 0 Å². The molecule has 0 spiro atoms. The molecule has 0 bridgehead atoms. The predicted octanol–water partition coefficient (Wildman–Crippen LogP) is 3.97. The zero-order valence-corrected chi connectivity index (χ0v) is 10.1. The van der Waals surface area contributed by atoms with Crippen molar-refractivity contribution in [3.63, 3.8) is 0 Å². The van der Waals surface area contributed by atoms with E-state index in [4.69, 9.17) is 0 Å². The quantitative estimate of drug-likeness (QED) is 0.679. The fourth-order valence-corrected chi connectivity index (χ4v) is 2.08. The van der Waals surface area contributed by atoms with E-state index >= 15 is 0 Å². The SMILES string of the molecule is CCC(C)C(Br)C(Br)CC. The van der Waals surface area contributed by atoms with Gasteiger partial charge in [0.2, 0.25) is 0 Å². The molecule has 2 heteroatoms. The normalized spacial score (nSPS) is 20.1. The van der Waals surface area contributed by atoms with Crippen molar-refractivity contribution in [1.29, 1.82) is 0 Å². The summed E-state index contributed by atoms with van der Waals surface area (Å²) in [7, 11) is 0. The van der Waals surface area contributed by atoms with Crippen LogP contribution in [0.3, 0.4) is 0 Å². The Morgan fingerprint density at radius 3 is 1.90 bits per heavy atom. The van der Waals surface area contributed by atoms with Crippen molar-refractivity contribution in [3.05, 3.63) is 0 Å². The van der Waals surface area contributed by atoms with E-state index in [9.17, 15) is 0 Å². The summed E-state index contributed by atoms with van der Waals surface area (Å²) in [6, 6.07) is 0. The van der Waals surface area contributed by atoms with Crippen molar-refractivity contribution in [2.45, 2.75) is 43.3 Å². The third-order valence-electron chi connectivity index (χ3n) is 1.92. The second-order valence-corrected chi connectivity index (χ2v) is 4.99. The standard InChI is InChI=1S/C8H16Br2/c1-4-6(3)8(10)7(9)5-2/h6-8H,4-5H2,1-3H3. The lowest BCUT2D eigenvalue weighted by Crippen LogP contribution is -2.20. The topological polar surface area (TPSA) is 0 Å². The minimum absolute atomic E-state index is 0.627. The minimum Gasteiger partial charge on any atom is -0.0879 e. The molecule has 3 unspecified atom stereocenters. The molecule has 0 aliphatic rings. The second kappa shape index (κ2) is 5.59. The monoisotopic (exact) mass is 270 g/mol. The van der Waals surface area contributed by atoms with Gasteiger partial charge in [-0.15, -0.1) is 0 Å². The molecule has 0 heterocycles. The van der Waals surface area contributed by atoms with Crippen molar-refractivity contribution < 1.29 is 0 Å². The molecule has 62 valence electrons. The number of alkyl halides is 2. The first-order valence-electron chi connectivity index (χ1n) is 3.91. The molecule has 0 amide bonds. The maximum Gasteiger partial charge on any atom is 0.0296 e. The van der Waals surface area contributed by atoms with Gasteiger partial charge in [0.15, 0.2) is 0 Å². The molecule has 0 rings (SSSR count). The van der Waals surface area contributed by atoms with Crippen molar-refractivity contribution in [2.24, 2.45) is 5.92 Å². The van der Waals surface area contributed by atoms with Gasteiger partial charge in [-0.05, 0) is 12.3 Å². The highest BCUT2D eigenvalue weighted by Crippen LogP contribution is 2.26. The van der Waals surface area contributed by atoms with Crippen LogP contribution in [-0.2, 0) is 0 Å². The van der Waals surface area contributed by atoms with Crippen molar-refractivity contribution in [3.8, 4) is 0 Å². The van der Waals surface area contributed by atoms with Crippen LogP contribution in [0.5, 0.6) is 0 Å². The third kappa shape index (κ3) is 3.38. The van der Waals surface area contributed by atoms with Crippen LogP contribution in [-0.4, -0.2) is 9.65 Å². The van der Waals surface area contributed by atoms with Gasteiger partial charge >= 0.3 is 0 Å². The van der Waals surface area contributed by atoms with Crippen LogP contribution >= 0.6 is 31.9 Å². The summed E-state index contributed by atoms with van der Waals surface area (Å²) >= 11 is 7.32. The van der Waals surface area contributed by atoms with Crippen LogP contribution in [0.4, 0.5) is 0 Å². The maximum atomic E-state index is 3.68. The van der Waals surface area contributed by atoms with Crippen LogP contribution in [0.2, 0.25) is 0 Å². The van der Waals surface area contributed by atoms with Gasteiger partial charge in [0, 0.05) is 9.65 Å². The lowest BCUT2D eigenvalue weighted by Gasteiger charge is -2.20. The van der Waals surface area contributed by atoms with E-state index < -0.39 is 0 Å². The van der Waals surface area contributed by atoms with Gasteiger partial charge < -0.3 is 0 Å². The van der Waals surface area contributed by atoms with Gasteiger partial charge in [0.1, 0.15) is 0 Å². The number of hydrogen-bond acceptors (Lipinski definition) is 0. The van der Waals surface area contributed by atoms with E-state index in [0.29, 0.717) is 9.65 Å². The Morgan fingerprint density at radius 1 is 1.10 bits per heavy atom. The summed E-state index contributed by atoms with van der Waals surface area (Å²) in [6.45, 7) is 6.72. The van der Waals surface area contributed by atoms with Crippen LogP contribution in [0.1, 0.15) is 33.6 Å². The highest BCUT2D eigenvalue weighted by atomic mass is 79.9. The van der Waals surface area contributed by atoms with E-state index in [0.717, 1.165) is 5.92 Å². The molecular weight excluding hydrogens is 256 g/mol. The zero-order chi connectivity index (χ0) is 8.15. The first-order valence-corrected chi connectivity index (χ1v) is 5.74. The van der Waals surface area contributed by atoms with Crippen molar-refractivity contribution >= 4 is 31.9 Å². The number of hydrogen-bond donors (Lipinski definition) is 0. The highest BCUT2D eigenvalue weighted by molar-refractivity contribution is 9.12. The summed E-state index contributed by atoms with van der Waals surface area (Å²) in [5.74, 6) is 0.768. The predicted molar refractivity (Wildman–Crippen MR) is 55.2 cm³/mol. The molecule has 0 radical (unpaired) electrons. The van der Waals surface area contributed by atoms with Gasteiger partial charge in [0.05, 0.1) is 0 Å². The third-order valence-corrected chi connectivity index (χ3v) is 5.39. The smallest absolute Gasteiger partial charge is 0.0296 e. The lowest BCUT2D eigenvalue weighted by atomic mass is 10.0. The Bertz CT molecular complexity index is 73.3. The van der Waals surface area contributed by atoms with Gasteiger partial charge in [0.25, 0.3) is 0 Å². The number of rotatable bonds is 4. The highest BCUT2D eigenvalue weighted by Gasteiger charge is 2.18. The van der Waals surface area contributed by atoms with E-state index in [1.54, 1.807) is 0 Å². The Balaban J connectivity index is 3.69.